The van der Waals surface area contributed by atoms with Crippen LogP contribution in [0.1, 0.15) is 32.1 Å². The van der Waals surface area contributed by atoms with Gasteiger partial charge in [-0.2, -0.15) is 4.52 Å². The summed E-state index contributed by atoms with van der Waals surface area (Å²) in [5.74, 6) is 1.65. The van der Waals surface area contributed by atoms with Crippen LogP contribution in [0.3, 0.4) is 0 Å². The van der Waals surface area contributed by atoms with Gasteiger partial charge < -0.3 is 15.4 Å². The first kappa shape index (κ1) is 20.7. The molecule has 2 N–H and O–H groups in total. The smallest absolute Gasteiger partial charge is 0.223 e. The number of allylic oxidation sites excluding steroid dienone is 3. The van der Waals surface area contributed by atoms with Crippen LogP contribution in [0, 0.1) is 0 Å². The van der Waals surface area contributed by atoms with Gasteiger partial charge in [-0.1, -0.05) is 12.1 Å². The molecule has 3 aromatic rings. The number of hydrogen-bond donors (Lipinski definition) is 1. The molecule has 1 aromatic carbocycles. The molecule has 1 aliphatic heterocycles. The van der Waals surface area contributed by atoms with E-state index in [1.807, 2.05) is 30.4 Å². The molecule has 9 heteroatoms. The SMILES string of the molecule is COc1cccc2c1nc(N)n1nc(C(C)N3CCN(C4=CCC(F)C=C4)C[C@H]3C)nc21. The van der Waals surface area contributed by atoms with Gasteiger partial charge in [0.15, 0.2) is 11.5 Å². The Bertz CT molecular complexity index is 1220. The van der Waals surface area contributed by atoms with E-state index in [1.165, 1.54) is 0 Å². The van der Waals surface area contributed by atoms with E-state index in [0.717, 1.165) is 30.7 Å². The number of benzene rings is 1. The number of anilines is 1. The number of piperazine rings is 1. The highest BCUT2D eigenvalue weighted by Gasteiger charge is 2.31. The van der Waals surface area contributed by atoms with Crippen molar-refractivity contribution >= 4 is 22.5 Å². The number of hydrogen-bond acceptors (Lipinski definition) is 7. The second-order valence-corrected chi connectivity index (χ2v) is 8.48. The van der Waals surface area contributed by atoms with Crippen LogP contribution >= 0.6 is 0 Å². The lowest BCUT2D eigenvalue weighted by Gasteiger charge is -2.43. The van der Waals surface area contributed by atoms with Gasteiger partial charge in [0.05, 0.1) is 13.2 Å². The lowest BCUT2D eigenvalue weighted by atomic mass is 10.1. The second kappa shape index (κ2) is 8.05. The number of ether oxygens (including phenoxy) is 1. The average Bonchev–Trinajstić information content (AvgIpc) is 3.25. The Morgan fingerprint density at radius 3 is 2.81 bits per heavy atom. The van der Waals surface area contributed by atoms with E-state index >= 15 is 0 Å². The van der Waals surface area contributed by atoms with Crippen molar-refractivity contribution in [3.8, 4) is 5.75 Å². The zero-order valence-corrected chi connectivity index (χ0v) is 18.6. The molecule has 2 aliphatic rings. The largest absolute Gasteiger partial charge is 0.494 e. The van der Waals surface area contributed by atoms with Gasteiger partial charge in [-0.05, 0) is 38.1 Å². The maximum Gasteiger partial charge on any atom is 0.223 e. The van der Waals surface area contributed by atoms with Crippen molar-refractivity contribution in [1.82, 2.24) is 29.4 Å². The third-order valence-corrected chi connectivity index (χ3v) is 6.47. The number of alkyl halides is 1. The molecule has 0 bridgehead atoms. The minimum absolute atomic E-state index is 0.0122. The van der Waals surface area contributed by atoms with E-state index in [4.69, 9.17) is 20.6 Å². The quantitative estimate of drug-likeness (QED) is 0.671. The molecule has 0 radical (unpaired) electrons. The zero-order valence-electron chi connectivity index (χ0n) is 18.6. The van der Waals surface area contributed by atoms with Crippen molar-refractivity contribution in [2.75, 3.05) is 32.5 Å². The van der Waals surface area contributed by atoms with E-state index in [2.05, 4.69) is 28.6 Å². The van der Waals surface area contributed by atoms with Gasteiger partial charge in [-0.3, -0.25) is 4.90 Å². The first-order chi connectivity index (χ1) is 15.5. The maximum absolute atomic E-state index is 13.4. The van der Waals surface area contributed by atoms with Gasteiger partial charge in [-0.25, -0.2) is 14.4 Å². The Balaban J connectivity index is 1.41. The predicted molar refractivity (Wildman–Crippen MR) is 122 cm³/mol. The number of nitrogens with zero attached hydrogens (tertiary/aromatic N) is 6. The Labute approximate surface area is 186 Å². The number of fused-ring (bicyclic) bond motifs is 3. The molecular formula is C23H28FN7O. The molecule has 3 atom stereocenters. The van der Waals surface area contributed by atoms with Crippen molar-refractivity contribution in [2.45, 2.75) is 38.5 Å². The van der Waals surface area contributed by atoms with E-state index in [0.29, 0.717) is 29.2 Å². The molecule has 5 rings (SSSR count). The minimum Gasteiger partial charge on any atom is -0.494 e. The Morgan fingerprint density at radius 1 is 1.25 bits per heavy atom. The lowest BCUT2D eigenvalue weighted by Crippen LogP contribution is -2.52. The van der Waals surface area contributed by atoms with E-state index in [1.54, 1.807) is 17.7 Å². The molecule has 2 unspecified atom stereocenters. The van der Waals surface area contributed by atoms with Crippen LogP contribution in [0.25, 0.3) is 16.6 Å². The summed E-state index contributed by atoms with van der Waals surface area (Å²) in [5, 5.41) is 5.55. The molecule has 0 spiro atoms. The number of nitrogens with two attached hydrogens (primary N) is 1. The van der Waals surface area contributed by atoms with Gasteiger partial charge in [0.2, 0.25) is 5.95 Å². The summed E-state index contributed by atoms with van der Waals surface area (Å²) in [6.45, 7) is 6.94. The number of aromatic nitrogens is 4. The number of methoxy groups -OCH3 is 1. The molecule has 1 fully saturated rings. The van der Waals surface area contributed by atoms with Crippen LogP contribution < -0.4 is 10.5 Å². The third kappa shape index (κ3) is 3.46. The van der Waals surface area contributed by atoms with E-state index in [-0.39, 0.29) is 18.0 Å². The predicted octanol–water partition coefficient (Wildman–Crippen LogP) is 3.12. The van der Waals surface area contributed by atoms with Crippen molar-refractivity contribution in [1.29, 1.82) is 0 Å². The lowest BCUT2D eigenvalue weighted by molar-refractivity contribution is 0.0689. The summed E-state index contributed by atoms with van der Waals surface area (Å²) in [7, 11) is 1.62. The van der Waals surface area contributed by atoms with Crippen LogP contribution in [0.15, 0.2) is 42.1 Å². The fourth-order valence-corrected chi connectivity index (χ4v) is 4.73. The van der Waals surface area contributed by atoms with Crippen molar-refractivity contribution in [3.63, 3.8) is 0 Å². The average molecular weight is 438 g/mol. The Kier molecular flexibility index (Phi) is 5.21. The monoisotopic (exact) mass is 437 g/mol. The van der Waals surface area contributed by atoms with Gasteiger partial charge in [0, 0.05) is 43.2 Å². The van der Waals surface area contributed by atoms with Crippen LogP contribution in [0.4, 0.5) is 10.3 Å². The molecular weight excluding hydrogens is 409 g/mol. The molecule has 168 valence electrons. The normalized spacial score (nSPS) is 23.0. The second-order valence-electron chi connectivity index (χ2n) is 8.48. The highest BCUT2D eigenvalue weighted by molar-refractivity contribution is 5.95. The van der Waals surface area contributed by atoms with Gasteiger partial charge >= 0.3 is 0 Å². The third-order valence-electron chi connectivity index (χ3n) is 6.47. The zero-order chi connectivity index (χ0) is 22.4. The van der Waals surface area contributed by atoms with Crippen LogP contribution in [-0.2, 0) is 0 Å². The number of halogens is 1. The number of rotatable bonds is 4. The molecule has 3 heterocycles. The molecule has 1 saturated heterocycles. The number of nitrogen functional groups attached to an aromatic ring is 1. The fraction of sp³-hybridized carbons (Fsp3) is 0.435. The topological polar surface area (TPSA) is 84.8 Å². The summed E-state index contributed by atoms with van der Waals surface area (Å²) in [6.07, 6.45) is 5.13. The van der Waals surface area contributed by atoms with Gasteiger partial charge in [0.25, 0.3) is 0 Å². The molecule has 32 heavy (non-hydrogen) atoms. The van der Waals surface area contributed by atoms with E-state index in [9.17, 15) is 4.39 Å². The summed E-state index contributed by atoms with van der Waals surface area (Å²) in [4.78, 5) is 14.1. The van der Waals surface area contributed by atoms with Gasteiger partial charge in [0.1, 0.15) is 17.4 Å². The standard InChI is InChI=1S/C23H28FN7O/c1-14-13-29(17-9-7-16(24)8-10-17)11-12-30(14)15(2)21-27-22-18-5-4-6-19(32-3)20(18)26-23(25)31(22)28-21/h4-7,9-10,14-16H,8,11-13H2,1-3H3,(H2,25,26)/t14-,15?,16?/m1/s1. The summed E-state index contributed by atoms with van der Waals surface area (Å²) < 4.78 is 20.5. The summed E-state index contributed by atoms with van der Waals surface area (Å²) in [5.41, 5.74) is 8.68. The highest BCUT2D eigenvalue weighted by atomic mass is 19.1. The summed E-state index contributed by atoms with van der Waals surface area (Å²) in [6, 6.07) is 6.03. The molecule has 2 aromatic heterocycles. The highest BCUT2D eigenvalue weighted by Crippen LogP contribution is 2.30. The van der Waals surface area contributed by atoms with Crippen LogP contribution in [-0.4, -0.2) is 68.3 Å². The molecule has 8 nitrogen and oxygen atoms in total. The van der Waals surface area contributed by atoms with Crippen LogP contribution in [0.5, 0.6) is 5.75 Å². The van der Waals surface area contributed by atoms with Crippen molar-refractivity contribution in [3.05, 3.63) is 47.9 Å². The molecule has 1 aliphatic carbocycles. The summed E-state index contributed by atoms with van der Waals surface area (Å²) >= 11 is 0. The molecule has 0 amide bonds. The van der Waals surface area contributed by atoms with Crippen LogP contribution in [0.2, 0.25) is 0 Å². The minimum atomic E-state index is -0.864. The van der Waals surface area contributed by atoms with Gasteiger partial charge in [-0.15, -0.1) is 5.10 Å². The first-order valence-corrected chi connectivity index (χ1v) is 11.0. The Hall–Kier alpha value is -3.20. The van der Waals surface area contributed by atoms with Crippen molar-refractivity contribution < 1.29 is 9.13 Å². The Morgan fingerprint density at radius 2 is 2.09 bits per heavy atom. The molecule has 0 saturated carbocycles. The maximum atomic E-state index is 13.4. The number of para-hydroxylation sites is 1. The van der Waals surface area contributed by atoms with E-state index < -0.39 is 6.17 Å². The van der Waals surface area contributed by atoms with Crippen molar-refractivity contribution in [2.24, 2.45) is 0 Å². The fourth-order valence-electron chi connectivity index (χ4n) is 4.73. The first-order valence-electron chi connectivity index (χ1n) is 11.0.